The maximum Gasteiger partial charge on any atom is 0.240 e. The van der Waals surface area contributed by atoms with Gasteiger partial charge in [0, 0.05) is 38.2 Å². The van der Waals surface area contributed by atoms with E-state index in [1.807, 2.05) is 11.9 Å². The topological polar surface area (TPSA) is 65.0 Å². The smallest absolute Gasteiger partial charge is 0.240 e. The lowest BCUT2D eigenvalue weighted by atomic mass is 10.0. The van der Waals surface area contributed by atoms with Crippen LogP contribution < -0.4 is 5.43 Å². The molecule has 1 saturated heterocycles. The Bertz CT molecular complexity index is 689. The van der Waals surface area contributed by atoms with Gasteiger partial charge in [-0.1, -0.05) is 30.3 Å². The van der Waals surface area contributed by atoms with Crippen molar-refractivity contribution < 1.29 is 9.59 Å². The van der Waals surface area contributed by atoms with Crippen LogP contribution in [0.3, 0.4) is 0 Å². The first kappa shape index (κ1) is 20.5. The summed E-state index contributed by atoms with van der Waals surface area (Å²) in [6, 6.07) is 10.9. The van der Waals surface area contributed by atoms with Crippen molar-refractivity contribution in [3.05, 3.63) is 35.9 Å². The van der Waals surface area contributed by atoms with Crippen LogP contribution in [0.15, 0.2) is 35.4 Å². The van der Waals surface area contributed by atoms with E-state index in [0.717, 1.165) is 51.0 Å². The van der Waals surface area contributed by atoms with Crippen molar-refractivity contribution in [1.29, 1.82) is 0 Å². The molecule has 1 aromatic carbocycles. The van der Waals surface area contributed by atoms with Crippen LogP contribution in [0, 0.1) is 0 Å². The van der Waals surface area contributed by atoms with E-state index in [-0.39, 0.29) is 11.8 Å². The van der Waals surface area contributed by atoms with Crippen molar-refractivity contribution in [2.75, 3.05) is 26.7 Å². The minimum absolute atomic E-state index is 0.0400. The number of nitrogens with zero attached hydrogens (tertiary/aromatic N) is 3. The Morgan fingerprint density at radius 3 is 2.82 bits per heavy atom. The monoisotopic (exact) mass is 384 g/mol. The van der Waals surface area contributed by atoms with E-state index in [4.69, 9.17) is 0 Å². The van der Waals surface area contributed by atoms with Gasteiger partial charge in [0.2, 0.25) is 11.8 Å². The average molecular weight is 385 g/mol. The van der Waals surface area contributed by atoms with Crippen molar-refractivity contribution in [3.8, 4) is 0 Å². The van der Waals surface area contributed by atoms with Crippen LogP contribution in [0.4, 0.5) is 0 Å². The number of piperidine rings is 1. The predicted molar refractivity (Wildman–Crippen MR) is 111 cm³/mol. The Hall–Kier alpha value is -2.21. The number of hydrogen-bond acceptors (Lipinski definition) is 4. The number of aryl methyl sites for hydroxylation is 1. The molecule has 1 fully saturated rings. The Kier molecular flexibility index (Phi) is 7.60. The molecule has 0 spiro atoms. The lowest BCUT2D eigenvalue weighted by Crippen LogP contribution is -2.48. The summed E-state index contributed by atoms with van der Waals surface area (Å²) in [6.45, 7) is 3.18. The summed E-state index contributed by atoms with van der Waals surface area (Å²) in [7, 11) is 1.94. The Balaban J connectivity index is 1.39. The van der Waals surface area contributed by atoms with Crippen LogP contribution in [0.1, 0.15) is 50.5 Å². The van der Waals surface area contributed by atoms with Crippen molar-refractivity contribution >= 4 is 17.5 Å². The molecule has 2 amide bonds. The van der Waals surface area contributed by atoms with Crippen LogP contribution in [0.25, 0.3) is 0 Å². The number of rotatable bonds is 8. The Morgan fingerprint density at radius 1 is 1.25 bits per heavy atom. The largest absolute Gasteiger partial charge is 0.341 e. The zero-order valence-electron chi connectivity index (χ0n) is 16.9. The van der Waals surface area contributed by atoms with E-state index < -0.39 is 0 Å². The third-order valence-corrected chi connectivity index (χ3v) is 5.81. The minimum Gasteiger partial charge on any atom is -0.341 e. The molecular formula is C22H32N4O2. The Labute approximate surface area is 168 Å². The van der Waals surface area contributed by atoms with Gasteiger partial charge >= 0.3 is 0 Å². The highest BCUT2D eigenvalue weighted by molar-refractivity contribution is 5.94. The molecule has 2 aliphatic rings. The molecule has 2 aliphatic heterocycles. The van der Waals surface area contributed by atoms with E-state index in [9.17, 15) is 9.59 Å². The molecule has 6 heteroatoms. The zero-order chi connectivity index (χ0) is 19.8. The van der Waals surface area contributed by atoms with Gasteiger partial charge < -0.3 is 9.80 Å². The highest BCUT2D eigenvalue weighted by atomic mass is 16.2. The van der Waals surface area contributed by atoms with Gasteiger partial charge in [-0.05, 0) is 57.2 Å². The first-order valence-corrected chi connectivity index (χ1v) is 10.5. The van der Waals surface area contributed by atoms with Gasteiger partial charge in [-0.15, -0.1) is 0 Å². The maximum absolute atomic E-state index is 12.6. The van der Waals surface area contributed by atoms with Gasteiger partial charge in [0.25, 0.3) is 0 Å². The van der Waals surface area contributed by atoms with E-state index >= 15 is 0 Å². The van der Waals surface area contributed by atoms with Crippen LogP contribution >= 0.6 is 0 Å². The summed E-state index contributed by atoms with van der Waals surface area (Å²) in [5.74, 6) is 0.137. The second-order valence-corrected chi connectivity index (χ2v) is 7.90. The highest BCUT2D eigenvalue weighted by Crippen LogP contribution is 2.17. The number of hydrogen-bond donors (Lipinski definition) is 1. The summed E-state index contributed by atoms with van der Waals surface area (Å²) in [5.41, 5.74) is 4.82. The number of hydrazone groups is 1. The van der Waals surface area contributed by atoms with E-state index in [1.165, 1.54) is 5.56 Å². The molecule has 0 aromatic heterocycles. The first-order chi connectivity index (χ1) is 13.6. The van der Waals surface area contributed by atoms with E-state index in [2.05, 4.69) is 45.8 Å². The predicted octanol–water partition coefficient (Wildman–Crippen LogP) is 2.59. The molecular weight excluding hydrogens is 352 g/mol. The molecule has 1 N–H and O–H groups in total. The molecule has 0 unspecified atom stereocenters. The lowest BCUT2D eigenvalue weighted by Gasteiger charge is -2.37. The van der Waals surface area contributed by atoms with Crippen molar-refractivity contribution in [3.63, 3.8) is 0 Å². The summed E-state index contributed by atoms with van der Waals surface area (Å²) < 4.78 is 0. The van der Waals surface area contributed by atoms with Crippen molar-refractivity contribution in [1.82, 2.24) is 15.2 Å². The summed E-state index contributed by atoms with van der Waals surface area (Å²) in [5, 5.41) is 4.06. The molecule has 152 valence electrons. The standard InChI is InChI=1S/C22H32N4O2/c1-25(22(28)14-12-19-11-13-21(27)24-23-19)20-10-6-16-26(17-20)15-5-9-18-7-3-2-4-8-18/h2-4,7-8,20H,5-6,9-17H2,1H3,(H,24,27)/t20-/m0/s1. The number of nitrogens with one attached hydrogen (secondary N) is 1. The highest BCUT2D eigenvalue weighted by Gasteiger charge is 2.26. The molecule has 28 heavy (non-hydrogen) atoms. The fourth-order valence-corrected chi connectivity index (χ4v) is 4.02. The Morgan fingerprint density at radius 2 is 2.07 bits per heavy atom. The minimum atomic E-state index is -0.0400. The summed E-state index contributed by atoms with van der Waals surface area (Å²) in [6.07, 6.45) is 6.73. The van der Waals surface area contributed by atoms with Crippen LogP contribution in [-0.2, 0) is 16.0 Å². The summed E-state index contributed by atoms with van der Waals surface area (Å²) >= 11 is 0. The van der Waals surface area contributed by atoms with Crippen molar-refractivity contribution in [2.45, 2.75) is 57.4 Å². The number of benzene rings is 1. The molecule has 0 aliphatic carbocycles. The number of likely N-dealkylation sites (tertiary alicyclic amines) is 1. The van der Waals surface area contributed by atoms with Gasteiger partial charge in [0.1, 0.15) is 0 Å². The molecule has 0 radical (unpaired) electrons. The van der Waals surface area contributed by atoms with Crippen LogP contribution in [0.5, 0.6) is 0 Å². The van der Waals surface area contributed by atoms with Gasteiger partial charge in [-0.2, -0.15) is 5.10 Å². The fourth-order valence-electron chi connectivity index (χ4n) is 4.02. The lowest BCUT2D eigenvalue weighted by molar-refractivity contribution is -0.132. The maximum atomic E-state index is 12.6. The van der Waals surface area contributed by atoms with Gasteiger partial charge in [-0.25, -0.2) is 5.43 Å². The quantitative estimate of drug-likeness (QED) is 0.749. The van der Waals surface area contributed by atoms with Gasteiger partial charge in [0.05, 0.1) is 0 Å². The number of carbonyl (C=O) groups is 2. The summed E-state index contributed by atoms with van der Waals surface area (Å²) in [4.78, 5) is 28.2. The third kappa shape index (κ3) is 6.16. The number of carbonyl (C=O) groups excluding carboxylic acids is 2. The first-order valence-electron chi connectivity index (χ1n) is 10.5. The number of likely N-dealkylation sites (N-methyl/N-ethyl adjacent to an activating group) is 1. The molecule has 0 saturated carbocycles. The SMILES string of the molecule is CN(C(=O)CCC1=NNC(=O)CC1)[C@H]1CCCN(CCCc2ccccc2)C1. The van der Waals surface area contributed by atoms with E-state index in [1.54, 1.807) is 0 Å². The zero-order valence-corrected chi connectivity index (χ0v) is 16.9. The normalized spacial score (nSPS) is 20.4. The molecule has 1 atom stereocenters. The molecule has 0 bridgehead atoms. The van der Waals surface area contributed by atoms with Gasteiger partial charge in [-0.3, -0.25) is 9.59 Å². The van der Waals surface area contributed by atoms with Crippen LogP contribution in [-0.4, -0.2) is 60.0 Å². The number of amides is 2. The third-order valence-electron chi connectivity index (χ3n) is 5.81. The molecule has 3 rings (SSSR count). The van der Waals surface area contributed by atoms with Crippen LogP contribution in [0.2, 0.25) is 0 Å². The van der Waals surface area contributed by atoms with Gasteiger partial charge in [0.15, 0.2) is 0 Å². The second-order valence-electron chi connectivity index (χ2n) is 7.90. The molecule has 6 nitrogen and oxygen atoms in total. The second kappa shape index (κ2) is 10.4. The fraction of sp³-hybridized carbons (Fsp3) is 0.591. The average Bonchev–Trinajstić information content (AvgIpc) is 2.73. The van der Waals surface area contributed by atoms with E-state index in [0.29, 0.717) is 31.7 Å². The molecule has 2 heterocycles. The molecule has 1 aromatic rings. The van der Waals surface area contributed by atoms with Crippen molar-refractivity contribution in [2.24, 2.45) is 5.10 Å².